The molecule has 0 aliphatic heterocycles. The molecule has 2 nitrogen and oxygen atoms in total. The summed E-state index contributed by atoms with van der Waals surface area (Å²) in [6.45, 7) is 5.51. The van der Waals surface area contributed by atoms with Gasteiger partial charge in [0.15, 0.2) is 0 Å². The molecule has 2 aliphatic carbocycles. The number of hydrogen-bond acceptors (Lipinski definition) is 2. The molecule has 1 spiro atoms. The fourth-order valence-electron chi connectivity index (χ4n) is 2.84. The molecule has 0 radical (unpaired) electrons. The summed E-state index contributed by atoms with van der Waals surface area (Å²) in [5.74, 6) is 0. The number of hydrogen-bond donors (Lipinski definition) is 0. The van der Waals surface area contributed by atoms with Crippen molar-refractivity contribution < 1.29 is 17.7 Å². The molecule has 0 bridgehead atoms. The van der Waals surface area contributed by atoms with E-state index < -0.39 is 27.8 Å². The van der Waals surface area contributed by atoms with Crippen molar-refractivity contribution in [2.45, 2.75) is 56.4 Å². The van der Waals surface area contributed by atoms with Gasteiger partial charge >= 0.3 is 6.18 Å². The van der Waals surface area contributed by atoms with Crippen molar-refractivity contribution in [3.8, 4) is 0 Å². The molecule has 6 heteroatoms. The largest absolute Gasteiger partial charge is 0.591 e. The van der Waals surface area contributed by atoms with E-state index in [4.69, 9.17) is 0 Å². The molecule has 1 atom stereocenters. The van der Waals surface area contributed by atoms with Crippen LogP contribution >= 0.6 is 0 Å². The topological polar surface area (TPSA) is 35.4 Å². The van der Waals surface area contributed by atoms with E-state index in [1.165, 1.54) is 12.1 Å². The van der Waals surface area contributed by atoms with Crippen LogP contribution in [0.3, 0.4) is 0 Å². The molecule has 120 valence electrons. The predicted molar refractivity (Wildman–Crippen MR) is 81.4 cm³/mol. The molecule has 22 heavy (non-hydrogen) atoms. The van der Waals surface area contributed by atoms with Crippen LogP contribution in [0.1, 0.15) is 56.7 Å². The molecular formula is C16H18F3NOS. The van der Waals surface area contributed by atoms with Gasteiger partial charge in [-0.15, -0.1) is 0 Å². The first kappa shape index (κ1) is 15.9. The molecule has 1 fully saturated rings. The third kappa shape index (κ3) is 2.67. The lowest BCUT2D eigenvalue weighted by atomic mass is 9.96. The van der Waals surface area contributed by atoms with E-state index in [1.54, 1.807) is 0 Å². The predicted octanol–water partition coefficient (Wildman–Crippen LogP) is 4.39. The summed E-state index contributed by atoms with van der Waals surface area (Å²) in [5.41, 5.74) is 1.35. The van der Waals surface area contributed by atoms with Crippen molar-refractivity contribution in [1.82, 2.24) is 0 Å². The van der Waals surface area contributed by atoms with E-state index in [9.17, 15) is 17.7 Å². The van der Waals surface area contributed by atoms with Gasteiger partial charge in [0, 0.05) is 17.4 Å². The second-order valence-electron chi connectivity index (χ2n) is 7.11. The summed E-state index contributed by atoms with van der Waals surface area (Å²) >= 11 is -1.40. The third-order valence-electron chi connectivity index (χ3n) is 4.31. The first-order valence-electron chi connectivity index (χ1n) is 7.25. The van der Waals surface area contributed by atoms with E-state index in [1.807, 2.05) is 20.8 Å². The molecule has 1 saturated carbocycles. The van der Waals surface area contributed by atoms with Gasteiger partial charge in [-0.25, -0.2) is 0 Å². The van der Waals surface area contributed by atoms with Gasteiger partial charge in [-0.2, -0.15) is 13.2 Å². The Bertz CT molecular complexity index is 642. The monoisotopic (exact) mass is 329 g/mol. The van der Waals surface area contributed by atoms with Crippen LogP contribution in [0.4, 0.5) is 13.2 Å². The number of rotatable bonds is 1. The van der Waals surface area contributed by atoms with E-state index in [0.717, 1.165) is 30.0 Å². The average Bonchev–Trinajstić information content (AvgIpc) is 3.09. The summed E-state index contributed by atoms with van der Waals surface area (Å²) in [7, 11) is 0. The summed E-state index contributed by atoms with van der Waals surface area (Å²) in [4.78, 5) is 0. The van der Waals surface area contributed by atoms with Gasteiger partial charge in [0.05, 0.1) is 11.3 Å². The van der Waals surface area contributed by atoms with Crippen LogP contribution in [0.2, 0.25) is 0 Å². The molecule has 0 N–H and O–H groups in total. The standard InChI is InChI=1S/C16H18F3NOS/c1-14(2,3)22(21)20-13-9-15(6-7-15)12-8-10(16(17,18)19)4-5-11(12)13/h4-5,8H,6-7,9H2,1-3H3. The highest BCUT2D eigenvalue weighted by Crippen LogP contribution is 2.57. The van der Waals surface area contributed by atoms with Gasteiger partial charge in [-0.3, -0.25) is 0 Å². The van der Waals surface area contributed by atoms with E-state index in [0.29, 0.717) is 12.1 Å². The van der Waals surface area contributed by atoms with E-state index >= 15 is 0 Å². The fraction of sp³-hybridized carbons (Fsp3) is 0.562. The third-order valence-corrected chi connectivity index (χ3v) is 5.74. The van der Waals surface area contributed by atoms with Crippen LogP contribution in [0.5, 0.6) is 0 Å². The highest BCUT2D eigenvalue weighted by Gasteiger charge is 2.52. The fourth-order valence-corrected chi connectivity index (χ4v) is 3.47. The number of nitrogens with zero attached hydrogens (tertiary/aromatic N) is 1. The van der Waals surface area contributed by atoms with Gasteiger partial charge in [0.1, 0.15) is 16.1 Å². The lowest BCUT2D eigenvalue weighted by Gasteiger charge is -2.18. The lowest BCUT2D eigenvalue weighted by molar-refractivity contribution is -0.137. The SMILES string of the molecule is CC(C)(C)[S+]([O-])N=C1CC2(CC2)c2cc(C(F)(F)F)ccc21. The zero-order valence-electron chi connectivity index (χ0n) is 12.8. The second kappa shape index (κ2) is 4.74. The maximum Gasteiger partial charge on any atom is 0.416 e. The van der Waals surface area contributed by atoms with Crippen molar-refractivity contribution >= 4 is 17.1 Å². The Labute approximate surface area is 131 Å². The molecular weight excluding hydrogens is 311 g/mol. The smallest absolute Gasteiger partial charge is 0.416 e. The molecule has 1 aromatic carbocycles. The number of alkyl halides is 3. The average molecular weight is 329 g/mol. The number of fused-ring (bicyclic) bond motifs is 2. The van der Waals surface area contributed by atoms with Crippen molar-refractivity contribution in [2.24, 2.45) is 4.40 Å². The first-order valence-corrected chi connectivity index (χ1v) is 8.35. The Morgan fingerprint density at radius 2 is 1.82 bits per heavy atom. The normalized spacial score (nSPS) is 23.0. The number of benzene rings is 1. The van der Waals surface area contributed by atoms with Gasteiger partial charge < -0.3 is 4.55 Å². The summed E-state index contributed by atoms with van der Waals surface area (Å²) < 4.78 is 54.8. The highest BCUT2D eigenvalue weighted by atomic mass is 32.2. The van der Waals surface area contributed by atoms with Crippen LogP contribution in [0.15, 0.2) is 22.6 Å². The van der Waals surface area contributed by atoms with Crippen LogP contribution in [0, 0.1) is 0 Å². The van der Waals surface area contributed by atoms with Crippen molar-refractivity contribution in [2.75, 3.05) is 0 Å². The molecule has 2 aliphatic rings. The molecule has 1 aromatic rings. The first-order chi connectivity index (χ1) is 10.0. The minimum absolute atomic E-state index is 0.197. The Morgan fingerprint density at radius 3 is 2.32 bits per heavy atom. The molecule has 0 amide bonds. The van der Waals surface area contributed by atoms with Gasteiger partial charge in [0.2, 0.25) is 0 Å². The van der Waals surface area contributed by atoms with Crippen LogP contribution < -0.4 is 0 Å². The zero-order valence-corrected chi connectivity index (χ0v) is 13.6. The van der Waals surface area contributed by atoms with Gasteiger partial charge in [-0.05, 0) is 51.3 Å². The van der Waals surface area contributed by atoms with Gasteiger partial charge in [-0.1, -0.05) is 10.5 Å². The Kier molecular flexibility index (Phi) is 3.42. The van der Waals surface area contributed by atoms with Crippen LogP contribution in [-0.4, -0.2) is 15.0 Å². The van der Waals surface area contributed by atoms with Crippen molar-refractivity contribution in [1.29, 1.82) is 0 Å². The molecule has 0 heterocycles. The maximum absolute atomic E-state index is 12.9. The second-order valence-corrected chi connectivity index (χ2v) is 9.02. The summed E-state index contributed by atoms with van der Waals surface area (Å²) in [5, 5.41) is 0. The van der Waals surface area contributed by atoms with Gasteiger partial charge in [0.25, 0.3) is 0 Å². The lowest BCUT2D eigenvalue weighted by Crippen LogP contribution is -2.26. The van der Waals surface area contributed by atoms with Crippen LogP contribution in [0.25, 0.3) is 0 Å². The summed E-state index contributed by atoms with van der Waals surface area (Å²) in [6.07, 6.45) is -1.98. The van der Waals surface area contributed by atoms with Crippen molar-refractivity contribution in [3.05, 3.63) is 34.9 Å². The minimum atomic E-state index is -4.33. The van der Waals surface area contributed by atoms with Crippen LogP contribution in [-0.2, 0) is 23.0 Å². The Hall–Kier alpha value is -1.01. The highest BCUT2D eigenvalue weighted by molar-refractivity contribution is 7.91. The molecule has 0 saturated heterocycles. The van der Waals surface area contributed by atoms with Crippen molar-refractivity contribution in [3.63, 3.8) is 0 Å². The molecule has 1 unspecified atom stereocenters. The zero-order chi connectivity index (χ0) is 16.3. The number of halogens is 3. The van der Waals surface area contributed by atoms with E-state index in [2.05, 4.69) is 4.40 Å². The summed E-state index contributed by atoms with van der Waals surface area (Å²) in [6, 6.07) is 3.84. The molecule has 0 aromatic heterocycles. The minimum Gasteiger partial charge on any atom is -0.591 e. The molecule has 3 rings (SSSR count). The quantitative estimate of drug-likeness (QED) is 0.704. The van der Waals surface area contributed by atoms with E-state index in [-0.39, 0.29) is 5.41 Å². The Balaban J connectivity index is 2.03. The maximum atomic E-state index is 12.9. The Morgan fingerprint density at radius 1 is 1.18 bits per heavy atom.